The molecule has 0 atom stereocenters. The lowest BCUT2D eigenvalue weighted by molar-refractivity contribution is -0.137. The predicted molar refractivity (Wildman–Crippen MR) is 46.1 cm³/mol. The monoisotopic (exact) mass is 203 g/mol. The van der Waals surface area contributed by atoms with E-state index in [-0.39, 0.29) is 5.75 Å². The molecule has 1 aromatic carbocycles. The van der Waals surface area contributed by atoms with E-state index in [0.29, 0.717) is 6.61 Å². The van der Waals surface area contributed by atoms with Crippen molar-refractivity contribution in [1.82, 2.24) is 0 Å². The average molecular weight is 203 g/mol. The van der Waals surface area contributed by atoms with Crippen LogP contribution in [0.3, 0.4) is 0 Å². The van der Waals surface area contributed by atoms with Crippen molar-refractivity contribution < 1.29 is 17.9 Å². The Morgan fingerprint density at radius 1 is 1.43 bits per heavy atom. The van der Waals surface area contributed by atoms with Gasteiger partial charge in [0, 0.05) is 0 Å². The molecule has 0 heterocycles. The topological polar surface area (TPSA) is 9.23 Å². The fourth-order valence-corrected chi connectivity index (χ4v) is 0.919. The zero-order chi connectivity index (χ0) is 10.6. The quantitative estimate of drug-likeness (QED) is 0.732. The standard InChI is InChI=1S/C10H10F3O/c1-2-6-14-9-5-3-4-8(7-9)10(11,12)13/h3,5,7H,2,6H2,1H3. The maximum atomic E-state index is 12.2. The predicted octanol–water partition coefficient (Wildman–Crippen LogP) is 3.29. The third kappa shape index (κ3) is 2.94. The van der Waals surface area contributed by atoms with Gasteiger partial charge in [-0.2, -0.15) is 13.2 Å². The van der Waals surface area contributed by atoms with Gasteiger partial charge in [-0.1, -0.05) is 13.0 Å². The normalized spacial score (nSPS) is 11.4. The summed E-state index contributed by atoms with van der Waals surface area (Å²) in [5.41, 5.74) is -0.800. The zero-order valence-corrected chi connectivity index (χ0v) is 7.69. The lowest BCUT2D eigenvalue weighted by Crippen LogP contribution is -2.05. The molecule has 77 valence electrons. The van der Waals surface area contributed by atoms with Gasteiger partial charge >= 0.3 is 6.18 Å². The molecule has 1 nitrogen and oxygen atoms in total. The molecule has 0 amide bonds. The van der Waals surface area contributed by atoms with E-state index in [4.69, 9.17) is 4.74 Å². The lowest BCUT2D eigenvalue weighted by Gasteiger charge is -2.08. The Kier molecular flexibility index (Phi) is 3.38. The summed E-state index contributed by atoms with van der Waals surface area (Å²) >= 11 is 0. The van der Waals surface area contributed by atoms with E-state index >= 15 is 0 Å². The summed E-state index contributed by atoms with van der Waals surface area (Å²) in [5, 5.41) is 0. The molecule has 0 aromatic heterocycles. The van der Waals surface area contributed by atoms with E-state index in [1.54, 1.807) is 0 Å². The van der Waals surface area contributed by atoms with Crippen molar-refractivity contribution >= 4 is 0 Å². The van der Waals surface area contributed by atoms with E-state index < -0.39 is 11.7 Å². The molecule has 0 aliphatic carbocycles. The van der Waals surface area contributed by atoms with Gasteiger partial charge in [0.2, 0.25) is 0 Å². The minimum Gasteiger partial charge on any atom is -0.494 e. The molecular formula is C10H10F3O. The molecule has 0 N–H and O–H groups in total. The molecule has 0 saturated carbocycles. The molecule has 14 heavy (non-hydrogen) atoms. The van der Waals surface area contributed by atoms with Gasteiger partial charge in [0.05, 0.1) is 12.2 Å². The smallest absolute Gasteiger partial charge is 0.417 e. The highest BCUT2D eigenvalue weighted by atomic mass is 19.4. The third-order valence-corrected chi connectivity index (χ3v) is 1.55. The maximum absolute atomic E-state index is 12.2. The van der Waals surface area contributed by atoms with Crippen molar-refractivity contribution in [2.75, 3.05) is 6.61 Å². The number of ether oxygens (including phenoxy) is 1. The average Bonchev–Trinajstić information content (AvgIpc) is 2.14. The number of alkyl halides is 3. The Balaban J connectivity index is 2.79. The van der Waals surface area contributed by atoms with Gasteiger partial charge in [0.15, 0.2) is 0 Å². The summed E-state index contributed by atoms with van der Waals surface area (Å²) in [6, 6.07) is 5.75. The Bertz CT molecular complexity index is 294. The number of hydrogen-bond acceptors (Lipinski definition) is 1. The van der Waals surface area contributed by atoms with E-state index in [0.717, 1.165) is 12.5 Å². The summed E-state index contributed by atoms with van der Waals surface area (Å²) in [6.45, 7) is 2.31. The van der Waals surface area contributed by atoms with Crippen LogP contribution in [0.4, 0.5) is 13.2 Å². The molecule has 4 heteroatoms. The van der Waals surface area contributed by atoms with Gasteiger partial charge in [-0.25, -0.2) is 0 Å². The van der Waals surface area contributed by atoms with Crippen LogP contribution in [0.25, 0.3) is 0 Å². The Hall–Kier alpha value is -1.19. The van der Waals surface area contributed by atoms with Crippen LogP contribution in [-0.4, -0.2) is 6.61 Å². The second-order valence-electron chi connectivity index (χ2n) is 2.78. The highest BCUT2D eigenvalue weighted by Gasteiger charge is 2.30. The van der Waals surface area contributed by atoms with E-state index in [1.165, 1.54) is 12.1 Å². The van der Waals surface area contributed by atoms with Crippen LogP contribution in [-0.2, 0) is 6.18 Å². The third-order valence-electron chi connectivity index (χ3n) is 1.55. The molecule has 0 spiro atoms. The molecule has 0 bridgehead atoms. The van der Waals surface area contributed by atoms with Crippen molar-refractivity contribution in [3.05, 3.63) is 29.8 Å². The Morgan fingerprint density at radius 2 is 2.14 bits per heavy atom. The van der Waals surface area contributed by atoms with Crippen LogP contribution in [0.1, 0.15) is 18.9 Å². The fraction of sp³-hybridized carbons (Fsp3) is 0.400. The summed E-state index contributed by atoms with van der Waals surface area (Å²) in [6.07, 6.45) is -3.59. The van der Waals surface area contributed by atoms with E-state index in [9.17, 15) is 13.2 Å². The van der Waals surface area contributed by atoms with Crippen LogP contribution in [0.15, 0.2) is 18.2 Å². The Morgan fingerprint density at radius 3 is 2.71 bits per heavy atom. The number of halogens is 3. The van der Waals surface area contributed by atoms with Crippen LogP contribution in [0.5, 0.6) is 5.75 Å². The molecule has 1 radical (unpaired) electrons. The number of benzene rings is 1. The second-order valence-corrected chi connectivity index (χ2v) is 2.78. The van der Waals surface area contributed by atoms with E-state index in [1.807, 2.05) is 6.92 Å². The van der Waals surface area contributed by atoms with Crippen LogP contribution in [0, 0.1) is 6.07 Å². The summed E-state index contributed by atoms with van der Waals surface area (Å²) in [4.78, 5) is 0. The van der Waals surface area contributed by atoms with E-state index in [2.05, 4.69) is 6.07 Å². The molecule has 0 aliphatic heterocycles. The summed E-state index contributed by atoms with van der Waals surface area (Å²) < 4.78 is 41.7. The van der Waals surface area contributed by atoms with Gasteiger partial charge < -0.3 is 4.74 Å². The van der Waals surface area contributed by atoms with Gasteiger partial charge in [0.25, 0.3) is 0 Å². The van der Waals surface area contributed by atoms with Crippen molar-refractivity contribution in [2.24, 2.45) is 0 Å². The molecule has 0 unspecified atom stereocenters. The largest absolute Gasteiger partial charge is 0.494 e. The lowest BCUT2D eigenvalue weighted by atomic mass is 10.2. The molecular weight excluding hydrogens is 193 g/mol. The van der Waals surface area contributed by atoms with Crippen molar-refractivity contribution in [3.8, 4) is 5.75 Å². The first-order valence-electron chi connectivity index (χ1n) is 4.25. The molecule has 1 aromatic rings. The van der Waals surface area contributed by atoms with Crippen LogP contribution >= 0.6 is 0 Å². The molecule has 0 saturated heterocycles. The first-order valence-corrected chi connectivity index (χ1v) is 4.25. The van der Waals surface area contributed by atoms with Crippen molar-refractivity contribution in [1.29, 1.82) is 0 Å². The number of rotatable bonds is 3. The minimum atomic E-state index is -4.36. The summed E-state index contributed by atoms with van der Waals surface area (Å²) in [7, 11) is 0. The van der Waals surface area contributed by atoms with Crippen LogP contribution in [0.2, 0.25) is 0 Å². The highest BCUT2D eigenvalue weighted by Crippen LogP contribution is 2.30. The SMILES string of the molecule is CCCOc1cc[c]c(C(F)(F)F)c1. The zero-order valence-electron chi connectivity index (χ0n) is 7.69. The van der Waals surface area contributed by atoms with Crippen LogP contribution < -0.4 is 4.74 Å². The second kappa shape index (κ2) is 4.35. The van der Waals surface area contributed by atoms with Gasteiger partial charge in [-0.3, -0.25) is 0 Å². The molecule has 1 rings (SSSR count). The first kappa shape index (κ1) is 10.9. The maximum Gasteiger partial charge on any atom is 0.417 e. The van der Waals surface area contributed by atoms with Gasteiger partial charge in [-0.15, -0.1) is 0 Å². The fourth-order valence-electron chi connectivity index (χ4n) is 0.919. The molecule has 0 fully saturated rings. The van der Waals surface area contributed by atoms with Gasteiger partial charge in [-0.05, 0) is 24.6 Å². The summed E-state index contributed by atoms with van der Waals surface area (Å²) in [5.74, 6) is 0.234. The Labute approximate surface area is 80.5 Å². The molecule has 0 aliphatic rings. The first-order chi connectivity index (χ1) is 6.54. The minimum absolute atomic E-state index is 0.234. The highest BCUT2D eigenvalue weighted by molar-refractivity contribution is 5.29. The van der Waals surface area contributed by atoms with Gasteiger partial charge in [0.1, 0.15) is 5.75 Å². The van der Waals surface area contributed by atoms with Crippen molar-refractivity contribution in [3.63, 3.8) is 0 Å². The van der Waals surface area contributed by atoms with Crippen molar-refractivity contribution in [2.45, 2.75) is 19.5 Å². The number of hydrogen-bond donors (Lipinski definition) is 0.